The molecule has 0 aliphatic carbocycles. The quantitative estimate of drug-likeness (QED) is 0.777. The van der Waals surface area contributed by atoms with E-state index in [1.165, 1.54) is 4.68 Å². The predicted molar refractivity (Wildman–Crippen MR) is 68.8 cm³/mol. The zero-order valence-corrected chi connectivity index (χ0v) is 12.0. The van der Waals surface area contributed by atoms with Crippen LogP contribution in [0.5, 0.6) is 0 Å². The molecule has 0 aliphatic rings. The first-order chi connectivity index (χ1) is 8.73. The Hall–Kier alpha value is -1.85. The predicted octanol–water partition coefficient (Wildman–Crippen LogP) is 1.71. The van der Waals surface area contributed by atoms with E-state index in [1.54, 1.807) is 40.7 Å². The van der Waals surface area contributed by atoms with Crippen molar-refractivity contribution in [3.63, 3.8) is 0 Å². The molecule has 0 spiro atoms. The van der Waals surface area contributed by atoms with E-state index in [0.29, 0.717) is 5.69 Å². The van der Waals surface area contributed by atoms with E-state index in [2.05, 4.69) is 5.10 Å². The molecule has 1 rings (SSSR count). The molecule has 106 valence electrons. The minimum absolute atomic E-state index is 0.112. The largest absolute Gasteiger partial charge is 0.461 e. The van der Waals surface area contributed by atoms with Gasteiger partial charge in [-0.25, -0.2) is 9.48 Å². The van der Waals surface area contributed by atoms with Crippen molar-refractivity contribution in [3.05, 3.63) is 17.5 Å². The number of hydrogen-bond donors (Lipinski definition) is 0. The zero-order chi connectivity index (χ0) is 14.6. The van der Waals surface area contributed by atoms with Gasteiger partial charge in [0.25, 0.3) is 0 Å². The third-order valence-electron chi connectivity index (χ3n) is 2.09. The molecule has 0 unspecified atom stereocenters. The van der Waals surface area contributed by atoms with Crippen LogP contribution in [-0.4, -0.2) is 33.9 Å². The average Bonchev–Trinajstić information content (AvgIpc) is 2.56. The van der Waals surface area contributed by atoms with Crippen LogP contribution in [0.2, 0.25) is 0 Å². The lowest BCUT2D eigenvalue weighted by Gasteiger charge is -2.19. The van der Waals surface area contributed by atoms with Gasteiger partial charge in [-0.05, 0) is 40.7 Å². The minimum Gasteiger partial charge on any atom is -0.461 e. The number of aryl methyl sites for hydroxylation is 1. The molecule has 0 fully saturated rings. The first-order valence-corrected chi connectivity index (χ1v) is 6.16. The number of rotatable bonds is 4. The molecule has 0 radical (unpaired) electrons. The summed E-state index contributed by atoms with van der Waals surface area (Å²) in [4.78, 5) is 23.4. The number of aromatic nitrogens is 2. The molecule has 0 aromatic carbocycles. The summed E-state index contributed by atoms with van der Waals surface area (Å²) in [5.41, 5.74) is 0.334. The van der Waals surface area contributed by atoms with Gasteiger partial charge in [0.05, 0.1) is 12.3 Å². The smallest absolute Gasteiger partial charge is 0.356 e. The Balaban J connectivity index is 2.83. The summed E-state index contributed by atoms with van der Waals surface area (Å²) in [7, 11) is 0. The third kappa shape index (κ3) is 4.73. The molecule has 0 saturated carbocycles. The fourth-order valence-corrected chi connectivity index (χ4v) is 1.53. The standard InChI is InChI=1S/C13H20N2O4/c1-6-18-12(17)10-7-9(2)14-15(10)8-11(16)19-13(3,4)5/h7H,6,8H2,1-5H3. The highest BCUT2D eigenvalue weighted by Crippen LogP contribution is 2.10. The van der Waals surface area contributed by atoms with Gasteiger partial charge < -0.3 is 9.47 Å². The SMILES string of the molecule is CCOC(=O)c1cc(C)nn1CC(=O)OC(C)(C)C. The molecule has 19 heavy (non-hydrogen) atoms. The van der Waals surface area contributed by atoms with Crippen molar-refractivity contribution in [2.75, 3.05) is 6.61 Å². The molecule has 0 amide bonds. The number of esters is 2. The number of carbonyl (C=O) groups excluding carboxylic acids is 2. The third-order valence-corrected chi connectivity index (χ3v) is 2.09. The molecule has 0 bridgehead atoms. The Labute approximate surface area is 112 Å². The van der Waals surface area contributed by atoms with E-state index in [9.17, 15) is 9.59 Å². The Morgan fingerprint density at radius 1 is 1.37 bits per heavy atom. The van der Waals surface area contributed by atoms with Crippen molar-refractivity contribution in [1.82, 2.24) is 9.78 Å². The van der Waals surface area contributed by atoms with Crippen molar-refractivity contribution < 1.29 is 19.1 Å². The minimum atomic E-state index is -0.566. The summed E-state index contributed by atoms with van der Waals surface area (Å²) in [5.74, 6) is -0.937. The van der Waals surface area contributed by atoms with Gasteiger partial charge in [-0.3, -0.25) is 4.79 Å². The maximum absolute atomic E-state index is 11.7. The highest BCUT2D eigenvalue weighted by Gasteiger charge is 2.21. The monoisotopic (exact) mass is 268 g/mol. The molecule has 0 N–H and O–H groups in total. The maximum Gasteiger partial charge on any atom is 0.356 e. The molecule has 0 aliphatic heterocycles. The molecule has 6 heteroatoms. The summed E-state index contributed by atoms with van der Waals surface area (Å²) < 4.78 is 11.4. The molecule has 1 aromatic rings. The molecular weight excluding hydrogens is 248 g/mol. The number of ether oxygens (including phenoxy) is 2. The molecule has 6 nitrogen and oxygen atoms in total. The van der Waals surface area contributed by atoms with Gasteiger partial charge in [-0.2, -0.15) is 5.10 Å². The van der Waals surface area contributed by atoms with Gasteiger partial charge in [0.1, 0.15) is 17.8 Å². The van der Waals surface area contributed by atoms with Crippen LogP contribution in [0.1, 0.15) is 43.9 Å². The fourth-order valence-electron chi connectivity index (χ4n) is 1.53. The van der Waals surface area contributed by atoms with Gasteiger partial charge in [0.15, 0.2) is 0 Å². The summed E-state index contributed by atoms with van der Waals surface area (Å²) in [6, 6.07) is 1.59. The average molecular weight is 268 g/mol. The van der Waals surface area contributed by atoms with E-state index < -0.39 is 17.5 Å². The molecule has 0 saturated heterocycles. The highest BCUT2D eigenvalue weighted by atomic mass is 16.6. The Morgan fingerprint density at radius 3 is 2.53 bits per heavy atom. The van der Waals surface area contributed by atoms with E-state index in [-0.39, 0.29) is 18.8 Å². The van der Waals surface area contributed by atoms with Crippen LogP contribution in [0.4, 0.5) is 0 Å². The normalized spacial score (nSPS) is 11.2. The van der Waals surface area contributed by atoms with E-state index in [4.69, 9.17) is 9.47 Å². The lowest BCUT2D eigenvalue weighted by atomic mass is 10.2. The van der Waals surface area contributed by atoms with Crippen LogP contribution in [0.3, 0.4) is 0 Å². The Kier molecular flexibility index (Phi) is 4.69. The summed E-state index contributed by atoms with van der Waals surface area (Å²) >= 11 is 0. The van der Waals surface area contributed by atoms with Crippen molar-refractivity contribution >= 4 is 11.9 Å². The Bertz CT molecular complexity index is 471. The van der Waals surface area contributed by atoms with Crippen LogP contribution < -0.4 is 0 Å². The number of hydrogen-bond acceptors (Lipinski definition) is 5. The molecule has 0 atom stereocenters. The van der Waals surface area contributed by atoms with Crippen LogP contribution in [0, 0.1) is 6.92 Å². The summed E-state index contributed by atoms with van der Waals surface area (Å²) in [6.45, 7) is 8.98. The first-order valence-electron chi connectivity index (χ1n) is 6.16. The van der Waals surface area contributed by atoms with Crippen molar-refractivity contribution in [2.24, 2.45) is 0 Å². The van der Waals surface area contributed by atoms with Gasteiger partial charge in [0, 0.05) is 0 Å². The van der Waals surface area contributed by atoms with Crippen LogP contribution in [0.15, 0.2) is 6.07 Å². The first kappa shape index (κ1) is 15.2. The summed E-state index contributed by atoms with van der Waals surface area (Å²) in [5, 5.41) is 4.10. The zero-order valence-electron chi connectivity index (χ0n) is 12.0. The number of nitrogens with zero attached hydrogens (tertiary/aromatic N) is 2. The molecular formula is C13H20N2O4. The van der Waals surface area contributed by atoms with Crippen molar-refractivity contribution in [2.45, 2.75) is 46.8 Å². The summed E-state index contributed by atoms with van der Waals surface area (Å²) in [6.07, 6.45) is 0. The van der Waals surface area contributed by atoms with Gasteiger partial charge in [-0.1, -0.05) is 0 Å². The number of carbonyl (C=O) groups is 2. The van der Waals surface area contributed by atoms with E-state index in [1.807, 2.05) is 0 Å². The van der Waals surface area contributed by atoms with Gasteiger partial charge in [0.2, 0.25) is 0 Å². The fraction of sp³-hybridized carbons (Fsp3) is 0.615. The van der Waals surface area contributed by atoms with Gasteiger partial charge >= 0.3 is 11.9 Å². The second kappa shape index (κ2) is 5.86. The Morgan fingerprint density at radius 2 is 2.00 bits per heavy atom. The molecule has 1 heterocycles. The van der Waals surface area contributed by atoms with Crippen LogP contribution >= 0.6 is 0 Å². The highest BCUT2D eigenvalue weighted by molar-refractivity contribution is 5.88. The lowest BCUT2D eigenvalue weighted by Crippen LogP contribution is -2.28. The maximum atomic E-state index is 11.7. The van der Waals surface area contributed by atoms with E-state index in [0.717, 1.165) is 0 Å². The topological polar surface area (TPSA) is 70.4 Å². The second-order valence-corrected chi connectivity index (χ2v) is 5.14. The van der Waals surface area contributed by atoms with Crippen LogP contribution in [0.25, 0.3) is 0 Å². The van der Waals surface area contributed by atoms with Gasteiger partial charge in [-0.15, -0.1) is 0 Å². The van der Waals surface area contributed by atoms with Crippen molar-refractivity contribution in [3.8, 4) is 0 Å². The lowest BCUT2D eigenvalue weighted by molar-refractivity contribution is -0.155. The second-order valence-electron chi connectivity index (χ2n) is 5.14. The van der Waals surface area contributed by atoms with E-state index >= 15 is 0 Å². The van der Waals surface area contributed by atoms with Crippen LogP contribution in [-0.2, 0) is 20.8 Å². The van der Waals surface area contributed by atoms with Crippen molar-refractivity contribution in [1.29, 1.82) is 0 Å². The molecule has 1 aromatic heterocycles.